The maximum absolute atomic E-state index is 5.96. The zero-order valence-electron chi connectivity index (χ0n) is 17.0. The topological polar surface area (TPSA) is 9.23 Å². The van der Waals surface area contributed by atoms with Gasteiger partial charge in [0.1, 0.15) is 13.8 Å². The van der Waals surface area contributed by atoms with Crippen molar-refractivity contribution < 1.29 is 4.74 Å². The first-order valence-electron chi connectivity index (χ1n) is 8.99. The van der Waals surface area contributed by atoms with Gasteiger partial charge in [0.15, 0.2) is 0 Å². The average Bonchev–Trinajstić information content (AvgIpc) is 2.95. The number of hydrogen-bond donors (Lipinski definition) is 0. The van der Waals surface area contributed by atoms with Crippen LogP contribution in [-0.2, 0) is 5.41 Å². The van der Waals surface area contributed by atoms with Gasteiger partial charge in [-0.1, -0.05) is 90.2 Å². The van der Waals surface area contributed by atoms with Crippen LogP contribution in [0.25, 0.3) is 0 Å². The van der Waals surface area contributed by atoms with E-state index in [-0.39, 0.29) is 10.8 Å². The summed E-state index contributed by atoms with van der Waals surface area (Å²) in [6, 6.07) is 6.73. The third kappa shape index (κ3) is 3.39. The molecule has 1 aromatic rings. The van der Waals surface area contributed by atoms with Crippen LogP contribution in [0.15, 0.2) is 41.1 Å². The first kappa shape index (κ1) is 19.0. The second kappa shape index (κ2) is 6.22. The van der Waals surface area contributed by atoms with Gasteiger partial charge < -0.3 is 4.74 Å². The molecule has 1 aliphatic carbocycles. The van der Waals surface area contributed by atoms with E-state index < -0.39 is 8.07 Å². The van der Waals surface area contributed by atoms with E-state index in [9.17, 15) is 0 Å². The molecule has 132 valence electrons. The van der Waals surface area contributed by atoms with Gasteiger partial charge >= 0.3 is 0 Å². The highest BCUT2D eigenvalue weighted by atomic mass is 28.3. The first-order valence-corrected chi connectivity index (χ1v) is 12.0. The molecular weight excluding hydrogens is 308 g/mol. The van der Waals surface area contributed by atoms with Crippen molar-refractivity contribution in [1.82, 2.24) is 0 Å². The van der Waals surface area contributed by atoms with Crippen LogP contribution in [0.4, 0.5) is 0 Å². The monoisotopic (exact) mass is 342 g/mol. The average molecular weight is 343 g/mol. The van der Waals surface area contributed by atoms with E-state index in [1.807, 2.05) is 7.11 Å². The number of hydrogen-bond acceptors (Lipinski definition) is 1. The van der Waals surface area contributed by atoms with Crippen molar-refractivity contribution in [2.24, 2.45) is 5.41 Å². The molecule has 0 heterocycles. The summed E-state index contributed by atoms with van der Waals surface area (Å²) >= 11 is 0. The van der Waals surface area contributed by atoms with Crippen molar-refractivity contribution in [3.63, 3.8) is 0 Å². The van der Waals surface area contributed by atoms with Crippen molar-refractivity contribution in [3.05, 3.63) is 46.7 Å². The molecular formula is C22H34OSi. The third-order valence-electron chi connectivity index (χ3n) is 5.19. The Kier molecular flexibility index (Phi) is 4.93. The Morgan fingerprint density at radius 3 is 2.08 bits per heavy atom. The fraction of sp³-hybridized carbons (Fsp3) is 0.545. The lowest BCUT2D eigenvalue weighted by molar-refractivity contribution is 0.400. The lowest BCUT2D eigenvalue weighted by Crippen LogP contribution is -2.46. The van der Waals surface area contributed by atoms with Crippen molar-refractivity contribution in [1.29, 1.82) is 0 Å². The second-order valence-corrected chi connectivity index (χ2v) is 13.9. The van der Waals surface area contributed by atoms with Gasteiger partial charge in [0.25, 0.3) is 0 Å². The Morgan fingerprint density at radius 1 is 0.958 bits per heavy atom. The van der Waals surface area contributed by atoms with Crippen molar-refractivity contribution in [3.8, 4) is 5.75 Å². The molecule has 0 aromatic heterocycles. The van der Waals surface area contributed by atoms with Gasteiger partial charge in [0, 0.05) is 0 Å². The molecule has 0 saturated carbocycles. The molecule has 0 saturated heterocycles. The van der Waals surface area contributed by atoms with Gasteiger partial charge in [-0.05, 0) is 33.6 Å². The van der Waals surface area contributed by atoms with E-state index >= 15 is 0 Å². The number of rotatable bonds is 3. The van der Waals surface area contributed by atoms with Crippen molar-refractivity contribution in [2.45, 2.75) is 66.5 Å². The Labute approximate surface area is 149 Å². The molecule has 1 aromatic carbocycles. The lowest BCUT2D eigenvalue weighted by Gasteiger charge is -2.34. The maximum Gasteiger partial charge on any atom is 0.122 e. The largest absolute Gasteiger partial charge is 0.497 e. The second-order valence-electron chi connectivity index (χ2n) is 9.51. The fourth-order valence-electron chi connectivity index (χ4n) is 3.80. The minimum atomic E-state index is -1.80. The van der Waals surface area contributed by atoms with E-state index in [1.54, 1.807) is 5.20 Å². The molecule has 2 heteroatoms. The van der Waals surface area contributed by atoms with Crippen molar-refractivity contribution in [2.75, 3.05) is 7.11 Å². The van der Waals surface area contributed by atoms with Gasteiger partial charge in [-0.2, -0.15) is 0 Å². The number of allylic oxidation sites excluding steroid dienone is 4. The number of benzene rings is 1. The predicted molar refractivity (Wildman–Crippen MR) is 109 cm³/mol. The van der Waals surface area contributed by atoms with Crippen LogP contribution < -0.4 is 9.92 Å². The molecule has 0 amide bonds. The molecule has 24 heavy (non-hydrogen) atoms. The van der Waals surface area contributed by atoms with Crippen LogP contribution in [0, 0.1) is 5.41 Å². The minimum Gasteiger partial charge on any atom is -0.497 e. The Hall–Kier alpha value is -1.28. The Morgan fingerprint density at radius 2 is 1.58 bits per heavy atom. The quantitative estimate of drug-likeness (QED) is 0.635. The van der Waals surface area contributed by atoms with Gasteiger partial charge in [-0.25, -0.2) is 0 Å². The summed E-state index contributed by atoms with van der Waals surface area (Å²) in [4.78, 5) is 0. The van der Waals surface area contributed by atoms with Crippen LogP contribution >= 0.6 is 0 Å². The van der Waals surface area contributed by atoms with E-state index in [0.29, 0.717) is 0 Å². The molecule has 0 radical (unpaired) electrons. The van der Waals surface area contributed by atoms with Crippen LogP contribution in [0.5, 0.6) is 5.75 Å². The molecule has 0 fully saturated rings. The Bertz CT molecular complexity index is 679. The van der Waals surface area contributed by atoms with E-state index in [4.69, 9.17) is 4.74 Å². The molecule has 0 N–H and O–H groups in total. The van der Waals surface area contributed by atoms with Crippen LogP contribution in [-0.4, -0.2) is 15.2 Å². The number of ether oxygens (including phenoxy) is 1. The van der Waals surface area contributed by atoms with Gasteiger partial charge in [0.05, 0.1) is 7.11 Å². The standard InChI is InChI=1S/C22H34OSi/c1-21(2,3)16-12-10-14-18(16)24(8,9)19-15-11-13-17(20(19)23-7)22(4,5)6/h10-13,15H,14H2,1-9H3. The van der Waals surface area contributed by atoms with E-state index in [0.717, 1.165) is 12.2 Å². The summed E-state index contributed by atoms with van der Waals surface area (Å²) in [6.45, 7) is 18.7. The smallest absolute Gasteiger partial charge is 0.122 e. The summed E-state index contributed by atoms with van der Waals surface area (Å²) in [6.07, 6.45) is 5.78. The van der Waals surface area contributed by atoms with Gasteiger partial charge in [0.2, 0.25) is 0 Å². The summed E-state index contributed by atoms with van der Waals surface area (Å²) < 4.78 is 5.96. The summed E-state index contributed by atoms with van der Waals surface area (Å²) in [5.41, 5.74) is 3.12. The van der Waals surface area contributed by atoms with Crippen LogP contribution in [0.1, 0.15) is 53.5 Å². The number of para-hydroxylation sites is 1. The normalized spacial score (nSPS) is 16.0. The first-order chi connectivity index (χ1) is 10.9. The van der Waals surface area contributed by atoms with Gasteiger partial charge in [-0.15, -0.1) is 0 Å². The summed E-state index contributed by atoms with van der Waals surface area (Å²) in [5, 5.41) is 3.08. The highest BCUT2D eigenvalue weighted by molar-refractivity contribution is 6.96. The minimum absolute atomic E-state index is 0.0843. The molecule has 1 nitrogen and oxygen atoms in total. The zero-order chi connectivity index (χ0) is 18.3. The molecule has 0 spiro atoms. The molecule has 0 bridgehead atoms. The van der Waals surface area contributed by atoms with E-state index in [2.05, 4.69) is 85.0 Å². The fourth-order valence-corrected chi connectivity index (χ4v) is 7.20. The Balaban J connectivity index is 2.67. The summed E-state index contributed by atoms with van der Waals surface area (Å²) in [5.74, 6) is 1.11. The van der Waals surface area contributed by atoms with Crippen LogP contribution in [0.2, 0.25) is 13.1 Å². The molecule has 0 atom stereocenters. The third-order valence-corrected chi connectivity index (χ3v) is 8.92. The predicted octanol–water partition coefficient (Wildman–Crippen LogP) is 5.75. The number of methoxy groups -OCH3 is 1. The summed E-state index contributed by atoms with van der Waals surface area (Å²) in [7, 11) is 0.0211. The SMILES string of the molecule is COc1c(C(C)(C)C)cccc1[Si](C)(C)C1=C(C(C)(C)C)C=CC1. The highest BCUT2D eigenvalue weighted by Gasteiger charge is 2.37. The molecule has 1 aliphatic rings. The maximum atomic E-state index is 5.96. The van der Waals surface area contributed by atoms with Crippen LogP contribution in [0.3, 0.4) is 0 Å². The van der Waals surface area contributed by atoms with E-state index in [1.165, 1.54) is 16.3 Å². The highest BCUT2D eigenvalue weighted by Crippen LogP contribution is 2.40. The van der Waals surface area contributed by atoms with Crippen molar-refractivity contribution >= 4 is 13.3 Å². The lowest BCUT2D eigenvalue weighted by atomic mass is 9.86. The molecule has 0 unspecified atom stereocenters. The van der Waals surface area contributed by atoms with Gasteiger partial charge in [-0.3, -0.25) is 0 Å². The molecule has 2 rings (SSSR count). The molecule has 0 aliphatic heterocycles. The zero-order valence-corrected chi connectivity index (χ0v) is 18.0.